The number of nitrogens with one attached hydrogen (secondary N) is 3. The quantitative estimate of drug-likeness (QED) is 0.0440. The Labute approximate surface area is 415 Å². The van der Waals surface area contributed by atoms with Gasteiger partial charge >= 0.3 is 5.97 Å². The van der Waals surface area contributed by atoms with E-state index in [9.17, 15) is 38.7 Å². The molecule has 3 amide bonds. The number of carbonyl (C=O) groups is 7. The number of ether oxygens (including phenoxy) is 6. The number of amides is 3. The number of ketones is 3. The van der Waals surface area contributed by atoms with Crippen LogP contribution in [0.5, 0.6) is 0 Å². The third-order valence-corrected chi connectivity index (χ3v) is 11.7. The summed E-state index contributed by atoms with van der Waals surface area (Å²) in [5, 5.41) is 17.8. The third-order valence-electron chi connectivity index (χ3n) is 11.7. The monoisotopic (exact) mass is 986 g/mol. The Kier molecular flexibility index (Phi) is 47.2. The lowest BCUT2D eigenvalue weighted by Gasteiger charge is -2.12. The van der Waals surface area contributed by atoms with Gasteiger partial charge in [0, 0.05) is 57.8 Å². The van der Waals surface area contributed by atoms with Crippen LogP contribution in [0.2, 0.25) is 0 Å². The number of aliphatic carboxylic acids is 1. The van der Waals surface area contributed by atoms with Crippen LogP contribution in [-0.2, 0) is 62.0 Å². The smallest absolute Gasteiger partial charge is 0.306 e. The third kappa shape index (κ3) is 46.8. The van der Waals surface area contributed by atoms with Gasteiger partial charge in [0.1, 0.15) is 31.4 Å². The number of rotatable bonds is 54. The summed E-state index contributed by atoms with van der Waals surface area (Å²) in [6.07, 6.45) is 23.4. The summed E-state index contributed by atoms with van der Waals surface area (Å²) in [4.78, 5) is 83.8. The number of unbranched alkanes of at least 4 members (excludes halogenated alkanes) is 15. The Morgan fingerprint density at radius 3 is 1.36 bits per heavy atom. The van der Waals surface area contributed by atoms with Gasteiger partial charge in [-0.05, 0) is 45.4 Å². The fraction of sp³-hybridized carbons (Fsp3) is 0.865. The number of Topliss-reactive ketones (excluding diaryl/α,β-unsaturated/α-hetero) is 3. The summed E-state index contributed by atoms with van der Waals surface area (Å²) in [6.45, 7) is 9.13. The molecule has 0 saturated heterocycles. The molecule has 0 saturated carbocycles. The molecule has 0 spiro atoms. The molecule has 402 valence electrons. The lowest BCUT2D eigenvalue weighted by molar-refractivity contribution is -0.144. The van der Waals surface area contributed by atoms with E-state index in [1.54, 1.807) is 6.92 Å². The van der Waals surface area contributed by atoms with Crippen LogP contribution in [0, 0.1) is 11.8 Å². The van der Waals surface area contributed by atoms with E-state index in [0.717, 1.165) is 44.9 Å². The molecule has 69 heavy (non-hydrogen) atoms. The first-order valence-corrected chi connectivity index (χ1v) is 26.5. The van der Waals surface area contributed by atoms with E-state index in [0.29, 0.717) is 39.0 Å². The van der Waals surface area contributed by atoms with Crippen molar-refractivity contribution in [1.29, 1.82) is 0 Å². The molecule has 0 aliphatic heterocycles. The van der Waals surface area contributed by atoms with Gasteiger partial charge < -0.3 is 49.5 Å². The van der Waals surface area contributed by atoms with Crippen molar-refractivity contribution in [3.05, 3.63) is 0 Å². The molecule has 4 N–H and O–H groups in total. The average Bonchev–Trinajstić information content (AvgIpc) is 3.32. The second-order valence-electron chi connectivity index (χ2n) is 17.9. The lowest BCUT2D eigenvalue weighted by Crippen LogP contribution is -2.31. The molecule has 0 rings (SSSR count). The molecule has 2 atom stereocenters. The highest BCUT2D eigenvalue weighted by atomic mass is 16.5. The molecule has 17 nitrogen and oxygen atoms in total. The van der Waals surface area contributed by atoms with E-state index in [4.69, 9.17) is 28.4 Å². The Hall–Kier alpha value is -3.35. The second-order valence-corrected chi connectivity index (χ2v) is 17.9. The van der Waals surface area contributed by atoms with Gasteiger partial charge in [-0.1, -0.05) is 110 Å². The normalized spacial score (nSPS) is 12.1. The van der Waals surface area contributed by atoms with Crippen molar-refractivity contribution in [3.63, 3.8) is 0 Å². The minimum atomic E-state index is -1.05. The number of hydrogen-bond acceptors (Lipinski definition) is 13. The zero-order chi connectivity index (χ0) is 50.8. The number of hydrogen-bond donors (Lipinski definition) is 4. The summed E-state index contributed by atoms with van der Waals surface area (Å²) in [6, 6.07) is 0. The van der Waals surface area contributed by atoms with Crippen LogP contribution in [-0.4, -0.2) is 145 Å². The molecule has 0 aromatic heterocycles. The van der Waals surface area contributed by atoms with Crippen LogP contribution in [0.4, 0.5) is 0 Å². The van der Waals surface area contributed by atoms with Crippen LogP contribution < -0.4 is 16.0 Å². The van der Waals surface area contributed by atoms with E-state index in [1.165, 1.54) is 77.0 Å². The van der Waals surface area contributed by atoms with Crippen LogP contribution >= 0.6 is 0 Å². The molecule has 0 aromatic rings. The first-order chi connectivity index (χ1) is 33.5. The highest BCUT2D eigenvalue weighted by molar-refractivity contribution is 5.84. The van der Waals surface area contributed by atoms with Crippen molar-refractivity contribution < 1.29 is 67.1 Å². The fourth-order valence-electron chi connectivity index (χ4n) is 7.46. The van der Waals surface area contributed by atoms with E-state index in [2.05, 4.69) is 22.9 Å². The Morgan fingerprint density at radius 1 is 0.406 bits per heavy atom. The molecule has 0 aliphatic rings. The highest BCUT2D eigenvalue weighted by Crippen LogP contribution is 2.17. The minimum Gasteiger partial charge on any atom is -0.481 e. The van der Waals surface area contributed by atoms with Crippen LogP contribution in [0.3, 0.4) is 0 Å². The van der Waals surface area contributed by atoms with Gasteiger partial charge in [-0.15, -0.1) is 0 Å². The van der Waals surface area contributed by atoms with Crippen molar-refractivity contribution in [2.45, 2.75) is 181 Å². The topological polar surface area (TPSA) is 231 Å². The SMILES string of the molecule is CCCCCCCCCCCCCCCCCC(=O)C[C@@H](CCC(=O)NCCOCCOCC(=O)CCCOCCOCC(=O)NCCOCCOCC(=O)NCCCCC(CC)C(C)=O)C(=O)O. The van der Waals surface area contributed by atoms with Gasteiger partial charge in [0.25, 0.3) is 0 Å². The summed E-state index contributed by atoms with van der Waals surface area (Å²) < 4.78 is 32.3. The molecule has 0 aromatic carbocycles. The summed E-state index contributed by atoms with van der Waals surface area (Å²) in [5.74, 6) is -2.51. The van der Waals surface area contributed by atoms with Gasteiger partial charge in [-0.25, -0.2) is 0 Å². The molecule has 0 aliphatic carbocycles. The predicted octanol–water partition coefficient (Wildman–Crippen LogP) is 7.27. The molecule has 17 heteroatoms. The Bertz CT molecular complexity index is 1320. The summed E-state index contributed by atoms with van der Waals surface area (Å²) in [7, 11) is 0. The Morgan fingerprint density at radius 2 is 0.855 bits per heavy atom. The second kappa shape index (κ2) is 49.6. The molecule has 0 bridgehead atoms. The zero-order valence-electron chi connectivity index (χ0n) is 43.2. The van der Waals surface area contributed by atoms with Crippen molar-refractivity contribution in [3.8, 4) is 0 Å². The van der Waals surface area contributed by atoms with Gasteiger partial charge in [0.05, 0.1) is 58.8 Å². The van der Waals surface area contributed by atoms with Gasteiger partial charge in [-0.3, -0.25) is 33.6 Å². The van der Waals surface area contributed by atoms with E-state index >= 15 is 0 Å². The Balaban J connectivity index is 3.61. The minimum absolute atomic E-state index is 0.0153. The molecule has 0 heterocycles. The summed E-state index contributed by atoms with van der Waals surface area (Å²) in [5.41, 5.74) is 0. The molecule has 1 unspecified atom stereocenters. The number of carbonyl (C=O) groups excluding carboxylic acids is 6. The van der Waals surface area contributed by atoms with Crippen molar-refractivity contribution in [1.82, 2.24) is 16.0 Å². The highest BCUT2D eigenvalue weighted by Gasteiger charge is 2.22. The van der Waals surface area contributed by atoms with Gasteiger partial charge in [0.2, 0.25) is 17.7 Å². The molecular weight excluding hydrogens is 891 g/mol. The zero-order valence-corrected chi connectivity index (χ0v) is 43.2. The first-order valence-electron chi connectivity index (χ1n) is 26.5. The maximum atomic E-state index is 12.5. The first kappa shape index (κ1) is 65.7. The largest absolute Gasteiger partial charge is 0.481 e. The van der Waals surface area contributed by atoms with Crippen LogP contribution in [0.1, 0.15) is 181 Å². The number of carboxylic acids is 1. The number of carboxylic acid groups (broad SMARTS) is 1. The maximum absolute atomic E-state index is 12.5. The molecule has 0 radical (unpaired) electrons. The van der Waals surface area contributed by atoms with Crippen molar-refractivity contribution >= 4 is 41.0 Å². The molecular formula is C52H95N3O14. The van der Waals surface area contributed by atoms with E-state index < -0.39 is 11.9 Å². The average molecular weight is 986 g/mol. The lowest BCUT2D eigenvalue weighted by atomic mass is 9.94. The van der Waals surface area contributed by atoms with Crippen LogP contribution in [0.15, 0.2) is 0 Å². The van der Waals surface area contributed by atoms with Gasteiger partial charge in [0.15, 0.2) is 5.78 Å². The standard InChI is InChI=1S/C52H95N3O14/c1-4-6-7-8-9-10-11-12-13-14-15-16-17-18-19-24-47(57)40-46(52(62)63)26-27-49(59)54-29-32-65-35-37-67-41-48(58)25-22-31-64-34-38-68-43-51(61)55-30-33-66-36-39-69-42-50(60)53-28-21-20-23-45(5-2)44(3)56/h45-46H,4-43H2,1-3H3,(H,53,60)(H,54,59)(H,55,61)(H,62,63)/t45?,46-/m1/s1. The maximum Gasteiger partial charge on any atom is 0.306 e. The predicted molar refractivity (Wildman–Crippen MR) is 266 cm³/mol. The van der Waals surface area contributed by atoms with Crippen molar-refractivity contribution in [2.24, 2.45) is 11.8 Å². The van der Waals surface area contributed by atoms with Gasteiger partial charge in [-0.2, -0.15) is 0 Å². The van der Waals surface area contributed by atoms with Crippen molar-refractivity contribution in [2.75, 3.05) is 98.9 Å². The van der Waals surface area contributed by atoms with E-state index in [1.807, 2.05) is 6.92 Å². The van der Waals surface area contributed by atoms with Crippen LogP contribution in [0.25, 0.3) is 0 Å². The molecule has 0 fully saturated rings. The summed E-state index contributed by atoms with van der Waals surface area (Å²) >= 11 is 0. The fourth-order valence-corrected chi connectivity index (χ4v) is 7.46. The van der Waals surface area contributed by atoms with E-state index in [-0.39, 0.29) is 139 Å².